The van der Waals surface area contributed by atoms with Gasteiger partial charge in [0.1, 0.15) is 6.17 Å². The number of hydrogen-bond donors (Lipinski definition) is 1. The fourth-order valence-electron chi connectivity index (χ4n) is 2.99. The van der Waals surface area contributed by atoms with Gasteiger partial charge < -0.3 is 4.84 Å². The molecular weight excluding hydrogens is 333 g/mol. The molecule has 4 rings (SSSR count). The third-order valence-electron chi connectivity index (χ3n) is 4.11. The normalized spacial score (nSPS) is 23.2. The van der Waals surface area contributed by atoms with Crippen LogP contribution in [0.5, 0.6) is 0 Å². The van der Waals surface area contributed by atoms with Gasteiger partial charge in [-0.1, -0.05) is 52.6 Å². The van der Waals surface area contributed by atoms with Crippen molar-refractivity contribution < 1.29 is 4.84 Å². The monoisotopic (exact) mass is 347 g/mol. The second-order valence-electron chi connectivity index (χ2n) is 5.58. The van der Waals surface area contributed by atoms with Crippen LogP contribution in [0.2, 0.25) is 10.0 Å². The summed E-state index contributed by atoms with van der Waals surface area (Å²) in [4.78, 5) is 7.88. The lowest BCUT2D eigenvalue weighted by Gasteiger charge is -2.37. The van der Waals surface area contributed by atoms with Crippen LogP contribution in [0, 0.1) is 0 Å². The largest absolute Gasteiger partial charge is 0.364 e. The summed E-state index contributed by atoms with van der Waals surface area (Å²) in [6, 6.07) is 15.5. The number of nitrogens with zero attached hydrogens (tertiary/aromatic N) is 2. The Bertz CT molecular complexity index is 731. The van der Waals surface area contributed by atoms with E-state index in [1.807, 2.05) is 48.5 Å². The highest BCUT2D eigenvalue weighted by atomic mass is 35.5. The Hall–Kier alpha value is -1.75. The first-order valence-electron chi connectivity index (χ1n) is 7.48. The van der Waals surface area contributed by atoms with Crippen molar-refractivity contribution in [2.75, 3.05) is 6.54 Å². The highest BCUT2D eigenvalue weighted by Crippen LogP contribution is 2.37. The number of rotatable bonds is 2. The Morgan fingerprint density at radius 1 is 0.957 bits per heavy atom. The molecule has 2 aromatic carbocycles. The fraction of sp³-hybridized carbons (Fsp3) is 0.235. The molecule has 2 aliphatic heterocycles. The average molecular weight is 348 g/mol. The second kappa shape index (κ2) is 6.04. The summed E-state index contributed by atoms with van der Waals surface area (Å²) in [5.74, 6) is 0.962. The minimum absolute atomic E-state index is 0.00273. The van der Waals surface area contributed by atoms with Crippen LogP contribution in [0.15, 0.2) is 53.7 Å². The minimum Gasteiger partial charge on any atom is -0.364 e. The van der Waals surface area contributed by atoms with Gasteiger partial charge in [-0.05, 0) is 29.8 Å². The smallest absolute Gasteiger partial charge is 0.228 e. The number of oxime groups is 1. The molecule has 23 heavy (non-hydrogen) atoms. The zero-order valence-electron chi connectivity index (χ0n) is 12.2. The van der Waals surface area contributed by atoms with E-state index in [9.17, 15) is 0 Å². The van der Waals surface area contributed by atoms with E-state index in [1.54, 1.807) is 0 Å². The number of nitrogens with one attached hydrogen (secondary N) is 1. The molecule has 0 radical (unpaired) electrons. The molecule has 118 valence electrons. The molecule has 1 N–H and O–H groups in total. The molecule has 2 atom stereocenters. The van der Waals surface area contributed by atoms with Gasteiger partial charge in [-0.2, -0.15) is 0 Å². The molecule has 0 saturated carbocycles. The summed E-state index contributed by atoms with van der Waals surface area (Å²) in [5.41, 5.74) is 2.15. The molecule has 4 nitrogen and oxygen atoms in total. The van der Waals surface area contributed by atoms with Gasteiger partial charge in [0.25, 0.3) is 0 Å². The van der Waals surface area contributed by atoms with E-state index in [4.69, 9.17) is 28.0 Å². The van der Waals surface area contributed by atoms with Crippen LogP contribution in [0.4, 0.5) is 0 Å². The predicted molar refractivity (Wildman–Crippen MR) is 91.4 cm³/mol. The van der Waals surface area contributed by atoms with Crippen LogP contribution in [-0.2, 0) is 4.84 Å². The molecule has 0 aliphatic carbocycles. The lowest BCUT2D eigenvalue weighted by atomic mass is 10.1. The van der Waals surface area contributed by atoms with Crippen molar-refractivity contribution in [3.05, 3.63) is 69.7 Å². The minimum atomic E-state index is -0.254. The zero-order valence-corrected chi connectivity index (χ0v) is 13.8. The first-order valence-corrected chi connectivity index (χ1v) is 8.23. The molecule has 0 bridgehead atoms. The van der Waals surface area contributed by atoms with Crippen molar-refractivity contribution in [2.45, 2.75) is 18.8 Å². The maximum atomic E-state index is 6.01. The highest BCUT2D eigenvalue weighted by Gasteiger charge is 2.39. The maximum Gasteiger partial charge on any atom is 0.228 e. The van der Waals surface area contributed by atoms with E-state index < -0.39 is 0 Å². The van der Waals surface area contributed by atoms with E-state index in [0.717, 1.165) is 35.0 Å². The van der Waals surface area contributed by atoms with Crippen molar-refractivity contribution in [1.82, 2.24) is 10.2 Å². The number of fused-ring (bicyclic) bond motifs is 1. The van der Waals surface area contributed by atoms with Crippen molar-refractivity contribution in [3.63, 3.8) is 0 Å². The predicted octanol–water partition coefficient (Wildman–Crippen LogP) is 4.33. The highest BCUT2D eigenvalue weighted by molar-refractivity contribution is 6.30. The summed E-state index contributed by atoms with van der Waals surface area (Å²) in [7, 11) is 0. The van der Waals surface area contributed by atoms with Crippen molar-refractivity contribution in [1.29, 1.82) is 0 Å². The molecule has 2 aromatic rings. The SMILES string of the molecule is Clc1ccc([C@@H]2NCCC3=NO[C@@H](c4ccc(Cl)cc4)N32)cc1. The van der Waals surface area contributed by atoms with Gasteiger partial charge in [-0.3, -0.25) is 10.2 Å². The number of amidine groups is 1. The second-order valence-corrected chi connectivity index (χ2v) is 6.46. The first kappa shape index (κ1) is 14.8. The molecule has 2 heterocycles. The Labute approximate surface area is 144 Å². The Morgan fingerprint density at radius 3 is 2.22 bits per heavy atom. The van der Waals surface area contributed by atoms with Gasteiger partial charge >= 0.3 is 0 Å². The summed E-state index contributed by atoms with van der Waals surface area (Å²) in [6.45, 7) is 0.860. The van der Waals surface area contributed by atoms with E-state index in [2.05, 4.69) is 15.4 Å². The molecule has 6 heteroatoms. The molecule has 0 spiro atoms. The van der Waals surface area contributed by atoms with Crippen molar-refractivity contribution in [2.24, 2.45) is 5.16 Å². The average Bonchev–Trinajstić information content (AvgIpc) is 3.00. The van der Waals surface area contributed by atoms with Gasteiger partial charge in [0.05, 0.1) is 0 Å². The Kier molecular flexibility index (Phi) is 3.89. The number of halogens is 2. The lowest BCUT2D eigenvalue weighted by molar-refractivity contribution is -0.0169. The first-order chi connectivity index (χ1) is 11.2. The van der Waals surface area contributed by atoms with E-state index in [-0.39, 0.29) is 12.4 Å². The van der Waals surface area contributed by atoms with Gasteiger partial charge in [0.2, 0.25) is 6.23 Å². The molecule has 0 unspecified atom stereocenters. The van der Waals surface area contributed by atoms with Crippen LogP contribution in [0.25, 0.3) is 0 Å². The van der Waals surface area contributed by atoms with Gasteiger partial charge in [0.15, 0.2) is 5.84 Å². The molecule has 0 aromatic heterocycles. The number of benzene rings is 2. The topological polar surface area (TPSA) is 36.9 Å². The lowest BCUT2D eigenvalue weighted by Crippen LogP contribution is -2.47. The van der Waals surface area contributed by atoms with Crippen LogP contribution >= 0.6 is 23.2 Å². The Morgan fingerprint density at radius 2 is 1.57 bits per heavy atom. The standard InChI is InChI=1S/C17H15Cl2N3O/c18-13-5-1-11(2-6-13)16-20-10-9-15-21-23-17(22(15)16)12-3-7-14(19)8-4-12/h1-8,16-17,20H,9-10H2/t16-,17+/m1/s1. The Balaban J connectivity index is 1.68. The quantitative estimate of drug-likeness (QED) is 0.878. The van der Waals surface area contributed by atoms with Gasteiger partial charge in [0, 0.05) is 28.6 Å². The summed E-state index contributed by atoms with van der Waals surface area (Å²) in [5, 5.41) is 9.24. The van der Waals surface area contributed by atoms with Crippen molar-refractivity contribution >= 4 is 29.0 Å². The van der Waals surface area contributed by atoms with Crippen molar-refractivity contribution in [3.8, 4) is 0 Å². The molecule has 1 fully saturated rings. The van der Waals surface area contributed by atoms with Crippen LogP contribution < -0.4 is 5.32 Å². The molecule has 1 saturated heterocycles. The van der Waals surface area contributed by atoms with Gasteiger partial charge in [-0.15, -0.1) is 0 Å². The third-order valence-corrected chi connectivity index (χ3v) is 4.62. The van der Waals surface area contributed by atoms with E-state index in [0.29, 0.717) is 5.02 Å². The molecular formula is C17H15Cl2N3O. The van der Waals surface area contributed by atoms with Crippen LogP contribution in [0.1, 0.15) is 29.9 Å². The van der Waals surface area contributed by atoms with E-state index in [1.165, 1.54) is 0 Å². The zero-order chi connectivity index (χ0) is 15.8. The number of hydrogen-bond acceptors (Lipinski definition) is 4. The molecule has 2 aliphatic rings. The van der Waals surface area contributed by atoms with E-state index >= 15 is 0 Å². The van der Waals surface area contributed by atoms with Crippen LogP contribution in [-0.4, -0.2) is 17.3 Å². The third kappa shape index (κ3) is 2.78. The fourth-order valence-corrected chi connectivity index (χ4v) is 3.25. The van der Waals surface area contributed by atoms with Crippen LogP contribution in [0.3, 0.4) is 0 Å². The molecule has 0 amide bonds. The summed E-state index contributed by atoms with van der Waals surface area (Å²) < 4.78 is 0. The summed E-state index contributed by atoms with van der Waals surface area (Å²) in [6.07, 6.45) is 0.590. The maximum absolute atomic E-state index is 6.01. The summed E-state index contributed by atoms with van der Waals surface area (Å²) >= 11 is 12.0. The van der Waals surface area contributed by atoms with Gasteiger partial charge in [-0.25, -0.2) is 0 Å².